The minimum Gasteiger partial charge on any atom is -0.456 e. The van der Waals surface area contributed by atoms with Crippen molar-refractivity contribution in [2.75, 3.05) is 18.8 Å². The summed E-state index contributed by atoms with van der Waals surface area (Å²) < 4.78 is 33.5. The van der Waals surface area contributed by atoms with Crippen LogP contribution in [0.3, 0.4) is 0 Å². The van der Waals surface area contributed by atoms with E-state index in [1.165, 1.54) is 0 Å². The quantitative estimate of drug-likeness (QED) is 0.644. The first-order valence-electron chi connectivity index (χ1n) is 9.69. The van der Waals surface area contributed by atoms with E-state index in [9.17, 15) is 13.2 Å². The molecule has 1 fully saturated rings. The van der Waals surface area contributed by atoms with E-state index in [1.54, 1.807) is 17.0 Å². The molecular weight excluding hydrogens is 456 g/mol. The number of rotatable bonds is 7. The smallest absolute Gasteiger partial charge is 0.257 e. The summed E-state index contributed by atoms with van der Waals surface area (Å²) in [7, 11) is -3.24. The van der Waals surface area contributed by atoms with Gasteiger partial charge in [0.1, 0.15) is 11.5 Å². The molecule has 0 saturated carbocycles. The fourth-order valence-electron chi connectivity index (χ4n) is 3.34. The molecule has 1 heterocycles. The molecule has 1 amide bonds. The first-order chi connectivity index (χ1) is 13.9. The van der Waals surface area contributed by atoms with Gasteiger partial charge >= 0.3 is 0 Å². The number of para-hydroxylation sites is 1. The molecule has 0 bridgehead atoms. The molecule has 1 N–H and O–H groups in total. The molecule has 0 aliphatic carbocycles. The average molecular weight is 481 g/mol. The van der Waals surface area contributed by atoms with Gasteiger partial charge in [-0.2, -0.15) is 0 Å². The normalized spacial score (nSPS) is 15.3. The molecule has 29 heavy (non-hydrogen) atoms. The number of nitrogens with one attached hydrogen (secondary N) is 1. The third-order valence-corrected chi connectivity index (χ3v) is 6.87. The van der Waals surface area contributed by atoms with E-state index in [-0.39, 0.29) is 17.7 Å². The Balaban J connectivity index is 1.66. The van der Waals surface area contributed by atoms with Gasteiger partial charge in [-0.25, -0.2) is 13.1 Å². The molecule has 0 radical (unpaired) electrons. The van der Waals surface area contributed by atoms with E-state index in [0.29, 0.717) is 49.4 Å². The molecule has 1 saturated heterocycles. The maximum atomic E-state index is 13.1. The van der Waals surface area contributed by atoms with Gasteiger partial charge < -0.3 is 9.64 Å². The number of hydrogen-bond donors (Lipinski definition) is 1. The van der Waals surface area contributed by atoms with Gasteiger partial charge in [0.05, 0.1) is 11.3 Å². The summed E-state index contributed by atoms with van der Waals surface area (Å²) >= 11 is 3.42. The fraction of sp³-hybridized carbons (Fsp3) is 0.381. The molecule has 1 aliphatic heterocycles. The van der Waals surface area contributed by atoms with Crippen LogP contribution in [-0.4, -0.2) is 44.1 Å². The zero-order valence-corrected chi connectivity index (χ0v) is 18.7. The second-order valence-corrected chi connectivity index (χ2v) is 9.85. The van der Waals surface area contributed by atoms with E-state index >= 15 is 0 Å². The van der Waals surface area contributed by atoms with E-state index in [0.717, 1.165) is 4.47 Å². The van der Waals surface area contributed by atoms with Crippen molar-refractivity contribution in [2.45, 2.75) is 32.2 Å². The number of ether oxygens (including phenoxy) is 1. The number of likely N-dealkylation sites (tertiary alicyclic amines) is 1. The van der Waals surface area contributed by atoms with Crippen molar-refractivity contribution in [3.63, 3.8) is 0 Å². The van der Waals surface area contributed by atoms with Crippen LogP contribution < -0.4 is 9.46 Å². The highest BCUT2D eigenvalue weighted by Crippen LogP contribution is 2.28. The van der Waals surface area contributed by atoms with Crippen LogP contribution in [0.2, 0.25) is 0 Å². The molecule has 2 aromatic rings. The maximum Gasteiger partial charge on any atom is 0.257 e. The van der Waals surface area contributed by atoms with Crippen LogP contribution in [0.25, 0.3) is 0 Å². The molecule has 3 rings (SSSR count). The summed E-state index contributed by atoms with van der Waals surface area (Å²) in [6, 6.07) is 14.5. The molecule has 0 spiro atoms. The van der Waals surface area contributed by atoms with Crippen LogP contribution in [0.4, 0.5) is 0 Å². The van der Waals surface area contributed by atoms with Crippen LogP contribution in [-0.2, 0) is 10.0 Å². The lowest BCUT2D eigenvalue weighted by Crippen LogP contribution is -2.47. The number of sulfonamides is 1. The summed E-state index contributed by atoms with van der Waals surface area (Å²) in [5.41, 5.74) is 0.498. The molecule has 6 nitrogen and oxygen atoms in total. The highest BCUT2D eigenvalue weighted by atomic mass is 79.9. The van der Waals surface area contributed by atoms with Crippen LogP contribution >= 0.6 is 15.9 Å². The van der Waals surface area contributed by atoms with Gasteiger partial charge in [-0.15, -0.1) is 0 Å². The van der Waals surface area contributed by atoms with Gasteiger partial charge in [-0.1, -0.05) is 41.1 Å². The number of benzene rings is 2. The SMILES string of the molecule is CCCS(=O)(=O)NC1CCN(C(=O)c2ccccc2Oc2cccc(Br)c2)CC1. The molecule has 8 heteroatoms. The van der Waals surface area contributed by atoms with Crippen molar-refractivity contribution in [1.29, 1.82) is 0 Å². The van der Waals surface area contributed by atoms with E-state index in [4.69, 9.17) is 4.74 Å². The lowest BCUT2D eigenvalue weighted by molar-refractivity contribution is 0.0708. The minimum atomic E-state index is -3.24. The first kappa shape index (κ1) is 21.8. The minimum absolute atomic E-state index is 0.106. The van der Waals surface area contributed by atoms with Gasteiger partial charge in [-0.05, 0) is 49.6 Å². The average Bonchev–Trinajstić information content (AvgIpc) is 2.68. The molecular formula is C21H25BrN2O4S. The summed E-state index contributed by atoms with van der Waals surface area (Å²) in [5, 5.41) is 0. The van der Waals surface area contributed by atoms with E-state index in [1.807, 2.05) is 43.3 Å². The third-order valence-electron chi connectivity index (χ3n) is 4.74. The Morgan fingerprint density at radius 2 is 1.90 bits per heavy atom. The number of carbonyl (C=O) groups excluding carboxylic acids is 1. The number of halogens is 1. The van der Waals surface area contributed by atoms with Crippen molar-refractivity contribution in [3.8, 4) is 11.5 Å². The second-order valence-electron chi connectivity index (χ2n) is 7.06. The third kappa shape index (κ3) is 6.04. The summed E-state index contributed by atoms with van der Waals surface area (Å²) in [6.07, 6.45) is 1.79. The second kappa shape index (κ2) is 9.73. The highest BCUT2D eigenvalue weighted by Gasteiger charge is 2.27. The van der Waals surface area contributed by atoms with Crippen molar-refractivity contribution in [1.82, 2.24) is 9.62 Å². The first-order valence-corrected chi connectivity index (χ1v) is 12.1. The van der Waals surface area contributed by atoms with Crippen LogP contribution in [0.1, 0.15) is 36.5 Å². The van der Waals surface area contributed by atoms with E-state index < -0.39 is 10.0 Å². The molecule has 0 atom stereocenters. The van der Waals surface area contributed by atoms with Crippen molar-refractivity contribution in [3.05, 3.63) is 58.6 Å². The monoisotopic (exact) mass is 480 g/mol. The molecule has 1 aliphatic rings. The zero-order valence-electron chi connectivity index (χ0n) is 16.3. The summed E-state index contributed by atoms with van der Waals surface area (Å²) in [4.78, 5) is 14.8. The molecule has 156 valence electrons. The van der Waals surface area contributed by atoms with Gasteiger partial charge in [0.25, 0.3) is 5.91 Å². The van der Waals surface area contributed by atoms with E-state index in [2.05, 4.69) is 20.7 Å². The fourth-order valence-corrected chi connectivity index (χ4v) is 5.12. The van der Waals surface area contributed by atoms with Gasteiger partial charge in [-0.3, -0.25) is 4.79 Å². The Morgan fingerprint density at radius 1 is 1.17 bits per heavy atom. The Hall–Kier alpha value is -1.90. The van der Waals surface area contributed by atoms with Crippen LogP contribution in [0, 0.1) is 0 Å². The van der Waals surface area contributed by atoms with Crippen molar-refractivity contribution < 1.29 is 17.9 Å². The largest absolute Gasteiger partial charge is 0.456 e. The number of nitrogens with zero attached hydrogens (tertiary/aromatic N) is 1. The Morgan fingerprint density at radius 3 is 2.59 bits per heavy atom. The summed E-state index contributed by atoms with van der Waals surface area (Å²) in [6.45, 7) is 2.85. The van der Waals surface area contributed by atoms with Crippen molar-refractivity contribution >= 4 is 31.9 Å². The highest BCUT2D eigenvalue weighted by molar-refractivity contribution is 9.10. The maximum absolute atomic E-state index is 13.1. The van der Waals surface area contributed by atoms with Gasteiger partial charge in [0, 0.05) is 23.6 Å². The number of amides is 1. The lowest BCUT2D eigenvalue weighted by atomic mass is 10.0. The van der Waals surface area contributed by atoms with Crippen LogP contribution in [0.15, 0.2) is 53.0 Å². The summed E-state index contributed by atoms with van der Waals surface area (Å²) in [5.74, 6) is 1.17. The van der Waals surface area contributed by atoms with Gasteiger partial charge in [0.2, 0.25) is 10.0 Å². The topological polar surface area (TPSA) is 75.7 Å². The Bertz CT molecular complexity index is 957. The zero-order chi connectivity index (χ0) is 20.9. The Kier molecular flexibility index (Phi) is 7.32. The lowest BCUT2D eigenvalue weighted by Gasteiger charge is -2.32. The predicted molar refractivity (Wildman–Crippen MR) is 117 cm³/mol. The standard InChI is InChI=1S/C21H25BrN2O4S/c1-2-14-29(26,27)23-17-10-12-24(13-11-17)21(25)19-8-3-4-9-20(19)28-18-7-5-6-16(22)15-18/h3-9,15,17,23H,2,10-14H2,1H3. The van der Waals surface area contributed by atoms with Gasteiger partial charge in [0.15, 0.2) is 0 Å². The number of piperidine rings is 1. The molecule has 2 aromatic carbocycles. The molecule has 0 unspecified atom stereocenters. The number of hydrogen-bond acceptors (Lipinski definition) is 4. The Labute approximate surface area is 180 Å². The molecule has 0 aromatic heterocycles. The predicted octanol–water partition coefficient (Wildman–Crippen LogP) is 4.18. The van der Waals surface area contributed by atoms with Crippen molar-refractivity contribution in [2.24, 2.45) is 0 Å². The number of carbonyl (C=O) groups is 1. The van der Waals surface area contributed by atoms with Crippen LogP contribution in [0.5, 0.6) is 11.5 Å².